The number of carbonyl (C=O) groups is 1. The predicted octanol–water partition coefficient (Wildman–Crippen LogP) is 3.13. The number of hydrogen-bond acceptors (Lipinski definition) is 6. The molecule has 0 heterocycles. The van der Waals surface area contributed by atoms with E-state index in [4.69, 9.17) is 26.4 Å². The number of nitrogens with zero attached hydrogens (tertiary/aromatic N) is 1. The van der Waals surface area contributed by atoms with Gasteiger partial charge in [0.05, 0.1) is 26.0 Å². The molecule has 0 spiro atoms. The molecule has 0 unspecified atom stereocenters. The number of rotatable bonds is 7. The first-order valence-corrected chi connectivity index (χ1v) is 8.97. The van der Waals surface area contributed by atoms with Crippen LogP contribution in [0.1, 0.15) is 29.8 Å². The van der Waals surface area contributed by atoms with Gasteiger partial charge < -0.3 is 19.5 Å². The lowest BCUT2D eigenvalue weighted by Gasteiger charge is -2.11. The van der Waals surface area contributed by atoms with E-state index in [0.717, 1.165) is 5.56 Å². The number of hydrogen-bond donors (Lipinski definition) is 2. The van der Waals surface area contributed by atoms with Crippen molar-refractivity contribution in [3.63, 3.8) is 0 Å². The summed E-state index contributed by atoms with van der Waals surface area (Å²) in [6.07, 6.45) is 1.59. The zero-order valence-electron chi connectivity index (χ0n) is 16.2. The molecule has 0 amide bonds. The average Bonchev–Trinajstić information content (AvgIpc) is 2.68. The molecule has 0 atom stereocenters. The first-order chi connectivity index (χ1) is 13.4. The van der Waals surface area contributed by atoms with Crippen LogP contribution < -0.4 is 25.0 Å². The van der Waals surface area contributed by atoms with Crippen molar-refractivity contribution >= 4 is 29.5 Å². The van der Waals surface area contributed by atoms with Crippen molar-refractivity contribution < 1.29 is 19.0 Å². The Morgan fingerprint density at radius 3 is 2.39 bits per heavy atom. The smallest absolute Gasteiger partial charge is 0.343 e. The van der Waals surface area contributed by atoms with E-state index in [1.807, 2.05) is 13.8 Å². The largest absolute Gasteiger partial charge is 0.497 e. The summed E-state index contributed by atoms with van der Waals surface area (Å²) < 4.78 is 15.8. The van der Waals surface area contributed by atoms with Crippen LogP contribution in [-0.4, -0.2) is 37.6 Å². The normalized spacial score (nSPS) is 10.6. The minimum Gasteiger partial charge on any atom is -0.497 e. The summed E-state index contributed by atoms with van der Waals surface area (Å²) in [5.74, 6) is 0.891. The fraction of sp³-hybridized carbons (Fsp3) is 0.250. The third-order valence-electron chi connectivity index (χ3n) is 3.52. The molecular formula is C20H23N3O4S. The van der Waals surface area contributed by atoms with E-state index in [9.17, 15) is 4.79 Å². The molecule has 0 aliphatic rings. The Bertz CT molecular complexity index is 851. The maximum atomic E-state index is 12.3. The minimum atomic E-state index is -0.492. The molecule has 0 aliphatic carbocycles. The van der Waals surface area contributed by atoms with E-state index in [0.29, 0.717) is 27.9 Å². The van der Waals surface area contributed by atoms with Crippen molar-refractivity contribution in [2.45, 2.75) is 19.9 Å². The lowest BCUT2D eigenvalue weighted by atomic mass is 10.2. The van der Waals surface area contributed by atoms with Crippen molar-refractivity contribution in [3.8, 4) is 17.2 Å². The zero-order chi connectivity index (χ0) is 20.5. The molecule has 0 aromatic heterocycles. The van der Waals surface area contributed by atoms with E-state index in [2.05, 4.69) is 15.8 Å². The van der Waals surface area contributed by atoms with Crippen molar-refractivity contribution in [3.05, 3.63) is 53.6 Å². The third kappa shape index (κ3) is 6.24. The topological polar surface area (TPSA) is 81.2 Å². The van der Waals surface area contributed by atoms with E-state index >= 15 is 0 Å². The van der Waals surface area contributed by atoms with Gasteiger partial charge in [0, 0.05) is 6.04 Å². The lowest BCUT2D eigenvalue weighted by molar-refractivity contribution is 0.0729. The summed E-state index contributed by atoms with van der Waals surface area (Å²) >= 11 is 5.10. The number of carbonyl (C=O) groups excluding carboxylic acids is 1. The molecule has 0 bridgehead atoms. The first kappa shape index (κ1) is 21.2. The highest BCUT2D eigenvalue weighted by Gasteiger charge is 2.13. The van der Waals surface area contributed by atoms with Crippen LogP contribution in [0.4, 0.5) is 0 Å². The Hall–Kier alpha value is -3.13. The van der Waals surface area contributed by atoms with Gasteiger partial charge in [-0.05, 0) is 74.1 Å². The van der Waals surface area contributed by atoms with E-state index in [-0.39, 0.29) is 6.04 Å². The van der Waals surface area contributed by atoms with Gasteiger partial charge in [0.1, 0.15) is 5.75 Å². The van der Waals surface area contributed by atoms with Gasteiger partial charge in [0.2, 0.25) is 0 Å². The van der Waals surface area contributed by atoms with Crippen molar-refractivity contribution in [2.75, 3.05) is 14.2 Å². The van der Waals surface area contributed by atoms with Gasteiger partial charge in [-0.25, -0.2) is 4.79 Å². The second-order valence-corrected chi connectivity index (χ2v) is 6.43. The summed E-state index contributed by atoms with van der Waals surface area (Å²) in [5, 5.41) is 7.53. The van der Waals surface area contributed by atoms with Gasteiger partial charge in [-0.2, -0.15) is 5.10 Å². The van der Waals surface area contributed by atoms with E-state index in [1.54, 1.807) is 55.8 Å². The van der Waals surface area contributed by atoms with Crippen LogP contribution in [0.25, 0.3) is 0 Å². The summed E-state index contributed by atoms with van der Waals surface area (Å²) in [6, 6.07) is 12.0. The third-order valence-corrected chi connectivity index (χ3v) is 3.72. The highest BCUT2D eigenvalue weighted by atomic mass is 32.1. The summed E-state index contributed by atoms with van der Waals surface area (Å²) in [6.45, 7) is 3.96. The molecule has 2 rings (SSSR count). The molecule has 8 heteroatoms. The Morgan fingerprint density at radius 1 is 1.07 bits per heavy atom. The lowest BCUT2D eigenvalue weighted by Crippen LogP contribution is -2.36. The number of ether oxygens (including phenoxy) is 3. The van der Waals surface area contributed by atoms with E-state index in [1.165, 1.54) is 7.11 Å². The molecule has 0 radical (unpaired) electrons. The maximum Gasteiger partial charge on any atom is 0.343 e. The monoisotopic (exact) mass is 401 g/mol. The van der Waals surface area contributed by atoms with Crippen LogP contribution in [0.2, 0.25) is 0 Å². The molecule has 2 N–H and O–H groups in total. The van der Waals surface area contributed by atoms with Crippen molar-refractivity contribution in [1.29, 1.82) is 0 Å². The number of hydrazone groups is 1. The van der Waals surface area contributed by atoms with Crippen LogP contribution in [0.3, 0.4) is 0 Å². The van der Waals surface area contributed by atoms with Gasteiger partial charge >= 0.3 is 5.97 Å². The Morgan fingerprint density at radius 2 is 1.79 bits per heavy atom. The maximum absolute atomic E-state index is 12.3. The molecule has 7 nitrogen and oxygen atoms in total. The van der Waals surface area contributed by atoms with Crippen molar-refractivity contribution in [2.24, 2.45) is 5.10 Å². The van der Waals surface area contributed by atoms with Crippen LogP contribution in [-0.2, 0) is 0 Å². The molecule has 2 aromatic rings. The molecule has 0 saturated heterocycles. The molecular weight excluding hydrogens is 378 g/mol. The fourth-order valence-electron chi connectivity index (χ4n) is 2.19. The number of thiocarbonyl (C=S) groups is 1. The number of benzene rings is 2. The quantitative estimate of drug-likeness (QED) is 0.243. The summed E-state index contributed by atoms with van der Waals surface area (Å²) in [5.41, 5.74) is 3.89. The summed E-state index contributed by atoms with van der Waals surface area (Å²) in [7, 11) is 3.06. The second kappa shape index (κ2) is 10.3. The van der Waals surface area contributed by atoms with Gasteiger partial charge in [-0.3, -0.25) is 5.43 Å². The Balaban J connectivity index is 2.05. The molecule has 28 heavy (non-hydrogen) atoms. The average molecular weight is 401 g/mol. The van der Waals surface area contributed by atoms with Crippen LogP contribution in [0.15, 0.2) is 47.6 Å². The standard InChI is InChI=1S/C20H23N3O4S/c1-13(2)22-20(28)23-21-12-14-5-10-17(18(11-14)26-4)27-19(24)15-6-8-16(25-3)9-7-15/h5-13H,1-4H3,(H2,22,23,28). The van der Waals surface area contributed by atoms with Gasteiger partial charge in [-0.15, -0.1) is 0 Å². The molecule has 0 saturated carbocycles. The fourth-order valence-corrected chi connectivity index (χ4v) is 2.48. The molecule has 0 fully saturated rings. The first-order valence-electron chi connectivity index (χ1n) is 8.56. The predicted molar refractivity (Wildman–Crippen MR) is 113 cm³/mol. The van der Waals surface area contributed by atoms with Crippen LogP contribution in [0.5, 0.6) is 17.2 Å². The van der Waals surface area contributed by atoms with E-state index < -0.39 is 5.97 Å². The van der Waals surface area contributed by atoms with Crippen molar-refractivity contribution in [1.82, 2.24) is 10.7 Å². The Labute approximate surface area is 169 Å². The molecule has 148 valence electrons. The molecule has 0 aliphatic heterocycles. The number of methoxy groups -OCH3 is 2. The van der Waals surface area contributed by atoms with Crippen LogP contribution >= 0.6 is 12.2 Å². The highest BCUT2D eigenvalue weighted by Crippen LogP contribution is 2.28. The van der Waals surface area contributed by atoms with Gasteiger partial charge in [0.25, 0.3) is 0 Å². The minimum absolute atomic E-state index is 0.218. The summed E-state index contributed by atoms with van der Waals surface area (Å²) in [4.78, 5) is 12.3. The van der Waals surface area contributed by atoms with Gasteiger partial charge in [0.15, 0.2) is 16.6 Å². The number of nitrogens with one attached hydrogen (secondary N) is 2. The second-order valence-electron chi connectivity index (χ2n) is 6.03. The van der Waals surface area contributed by atoms with Crippen LogP contribution in [0, 0.1) is 0 Å². The zero-order valence-corrected chi connectivity index (χ0v) is 17.0. The Kier molecular flexibility index (Phi) is 7.76. The van der Waals surface area contributed by atoms with Gasteiger partial charge in [-0.1, -0.05) is 0 Å². The molecule has 2 aromatic carbocycles. The SMILES string of the molecule is COc1ccc(C(=O)Oc2ccc(C=NNC(=S)NC(C)C)cc2OC)cc1. The highest BCUT2D eigenvalue weighted by molar-refractivity contribution is 7.80. The number of esters is 1.